The minimum absolute atomic E-state index is 0.142. The number of halogens is 1. The lowest BCUT2D eigenvalue weighted by molar-refractivity contribution is 0.423. The Labute approximate surface area is 188 Å². The largest absolute Gasteiger partial charge is 0.507 e. The van der Waals surface area contributed by atoms with Crippen molar-refractivity contribution in [3.63, 3.8) is 0 Å². The molecular formula is C25H32BrN3O. The predicted molar refractivity (Wildman–Crippen MR) is 129 cm³/mol. The van der Waals surface area contributed by atoms with Crippen molar-refractivity contribution in [2.45, 2.75) is 58.9 Å². The summed E-state index contributed by atoms with van der Waals surface area (Å²) in [6.45, 7) is 13.4. The number of phenolic OH excluding ortho intramolecular Hbond substituents is 1. The van der Waals surface area contributed by atoms with Crippen molar-refractivity contribution in [3.05, 3.63) is 63.8 Å². The van der Waals surface area contributed by atoms with Crippen molar-refractivity contribution >= 4 is 21.9 Å². The van der Waals surface area contributed by atoms with E-state index in [-0.39, 0.29) is 10.8 Å². The van der Waals surface area contributed by atoms with Gasteiger partial charge in [-0.1, -0.05) is 69.6 Å². The number of rotatable bonds is 4. The van der Waals surface area contributed by atoms with E-state index in [9.17, 15) is 5.11 Å². The lowest BCUT2D eigenvalue weighted by Gasteiger charge is -2.28. The van der Waals surface area contributed by atoms with Crippen molar-refractivity contribution < 1.29 is 5.11 Å². The van der Waals surface area contributed by atoms with Gasteiger partial charge in [0.25, 0.3) is 0 Å². The zero-order chi connectivity index (χ0) is 22.3. The number of imidazole rings is 1. The van der Waals surface area contributed by atoms with Crippen molar-refractivity contribution in [1.29, 1.82) is 0 Å². The summed E-state index contributed by atoms with van der Waals surface area (Å²) in [6.07, 6.45) is 1.89. The first-order valence-corrected chi connectivity index (χ1v) is 11.1. The average Bonchev–Trinajstić information content (AvgIpc) is 2.99. The van der Waals surface area contributed by atoms with Crippen LogP contribution in [0.4, 0.5) is 5.95 Å². The second-order valence-electron chi connectivity index (χ2n) is 9.93. The van der Waals surface area contributed by atoms with E-state index >= 15 is 0 Å². The summed E-state index contributed by atoms with van der Waals surface area (Å²) in [5.74, 6) is 1.22. The van der Waals surface area contributed by atoms with E-state index in [2.05, 4.69) is 96.6 Å². The highest BCUT2D eigenvalue weighted by Gasteiger charge is 2.26. The molecule has 0 radical (unpaired) electrons. The van der Waals surface area contributed by atoms with Crippen molar-refractivity contribution in [2.75, 3.05) is 5.32 Å². The summed E-state index contributed by atoms with van der Waals surface area (Å²) in [5, 5.41) is 14.4. The molecule has 0 spiro atoms. The van der Waals surface area contributed by atoms with Gasteiger partial charge < -0.3 is 15.0 Å². The maximum absolute atomic E-state index is 10.9. The van der Waals surface area contributed by atoms with Crippen LogP contribution in [0, 0.1) is 0 Å². The molecule has 0 amide bonds. The molecule has 0 aliphatic rings. The Hall–Kier alpha value is -2.27. The SMILES string of the molecule is Cn1c(-c2cccc(Br)c2)cnc1NCc1cc(C(C)(C)C)c(O)c(C(C)(C)C)c1. The molecule has 0 saturated heterocycles. The molecular weight excluding hydrogens is 438 g/mol. The van der Waals surface area contributed by atoms with Crippen LogP contribution in [-0.2, 0) is 24.4 Å². The average molecular weight is 470 g/mol. The van der Waals surface area contributed by atoms with Crippen molar-refractivity contribution in [1.82, 2.24) is 9.55 Å². The van der Waals surface area contributed by atoms with Crippen molar-refractivity contribution in [3.8, 4) is 17.0 Å². The normalized spacial score (nSPS) is 12.3. The molecule has 3 aromatic rings. The van der Waals surface area contributed by atoms with Gasteiger partial charge in [0.1, 0.15) is 5.75 Å². The minimum Gasteiger partial charge on any atom is -0.507 e. The number of phenols is 1. The molecule has 5 heteroatoms. The zero-order valence-electron chi connectivity index (χ0n) is 19.0. The van der Waals surface area contributed by atoms with E-state index in [4.69, 9.17) is 0 Å². The third-order valence-corrected chi connectivity index (χ3v) is 5.84. The van der Waals surface area contributed by atoms with Gasteiger partial charge in [-0.25, -0.2) is 4.98 Å². The van der Waals surface area contributed by atoms with Crippen LogP contribution in [0.1, 0.15) is 58.2 Å². The molecule has 0 bridgehead atoms. The van der Waals surface area contributed by atoms with E-state index < -0.39 is 0 Å². The summed E-state index contributed by atoms with van der Waals surface area (Å²) in [6, 6.07) is 12.4. The van der Waals surface area contributed by atoms with Crippen molar-refractivity contribution in [2.24, 2.45) is 7.05 Å². The molecule has 2 N–H and O–H groups in total. The molecule has 2 aromatic carbocycles. The number of hydrogen-bond donors (Lipinski definition) is 2. The topological polar surface area (TPSA) is 50.1 Å². The molecule has 3 rings (SSSR count). The van der Waals surface area contributed by atoms with Crippen LogP contribution < -0.4 is 5.32 Å². The Morgan fingerprint density at radius 2 is 1.60 bits per heavy atom. The Morgan fingerprint density at radius 1 is 1.00 bits per heavy atom. The van der Waals surface area contributed by atoms with Gasteiger partial charge in [-0.05, 0) is 51.8 Å². The van der Waals surface area contributed by atoms with E-state index in [1.54, 1.807) is 0 Å². The number of nitrogens with zero attached hydrogens (tertiary/aromatic N) is 2. The van der Waals surface area contributed by atoms with Crippen LogP contribution in [0.2, 0.25) is 0 Å². The minimum atomic E-state index is -0.142. The first-order valence-electron chi connectivity index (χ1n) is 10.3. The standard InChI is InChI=1S/C25H32BrN3O/c1-24(2,3)19-11-16(12-20(22(19)30)25(4,5)6)14-27-23-28-15-21(29(23)7)17-9-8-10-18(26)13-17/h8-13,15,30H,14H2,1-7H3,(H,27,28). The summed E-state index contributed by atoms with van der Waals surface area (Å²) < 4.78 is 3.11. The van der Waals surface area contributed by atoms with Crippen LogP contribution in [-0.4, -0.2) is 14.7 Å². The summed E-state index contributed by atoms with van der Waals surface area (Å²) in [5.41, 5.74) is 4.96. The highest BCUT2D eigenvalue weighted by Crippen LogP contribution is 2.40. The Bertz CT molecular complexity index is 1020. The van der Waals surface area contributed by atoms with Crippen LogP contribution >= 0.6 is 15.9 Å². The van der Waals surface area contributed by atoms with Gasteiger partial charge in [-0.3, -0.25) is 0 Å². The summed E-state index contributed by atoms with van der Waals surface area (Å²) in [7, 11) is 2.02. The molecule has 0 saturated carbocycles. The molecule has 0 aliphatic carbocycles. The highest BCUT2D eigenvalue weighted by molar-refractivity contribution is 9.10. The second-order valence-corrected chi connectivity index (χ2v) is 10.8. The molecule has 4 nitrogen and oxygen atoms in total. The van der Waals surface area contributed by atoms with Crippen LogP contribution in [0.3, 0.4) is 0 Å². The Balaban J connectivity index is 1.91. The third-order valence-electron chi connectivity index (χ3n) is 5.34. The smallest absolute Gasteiger partial charge is 0.203 e. The number of aromatic nitrogens is 2. The Morgan fingerprint density at radius 3 is 2.13 bits per heavy atom. The number of benzene rings is 2. The fourth-order valence-electron chi connectivity index (χ4n) is 3.61. The molecule has 0 unspecified atom stereocenters. The molecule has 30 heavy (non-hydrogen) atoms. The van der Waals surface area contributed by atoms with Crippen LogP contribution in [0.25, 0.3) is 11.3 Å². The lowest BCUT2D eigenvalue weighted by atomic mass is 9.78. The maximum Gasteiger partial charge on any atom is 0.203 e. The number of anilines is 1. The van der Waals surface area contributed by atoms with Gasteiger partial charge in [0.2, 0.25) is 5.95 Å². The molecule has 1 aromatic heterocycles. The van der Waals surface area contributed by atoms with Gasteiger partial charge in [-0.2, -0.15) is 0 Å². The molecule has 1 heterocycles. The van der Waals surface area contributed by atoms with E-state index in [0.29, 0.717) is 12.3 Å². The predicted octanol–water partition coefficient (Wildman–Crippen LogP) is 6.76. The number of hydrogen-bond acceptors (Lipinski definition) is 3. The molecule has 0 aliphatic heterocycles. The van der Waals surface area contributed by atoms with E-state index in [0.717, 1.165) is 38.4 Å². The molecule has 0 atom stereocenters. The van der Waals surface area contributed by atoms with Gasteiger partial charge in [0.05, 0.1) is 11.9 Å². The Kier molecular flexibility index (Phi) is 6.06. The number of nitrogens with one attached hydrogen (secondary N) is 1. The monoisotopic (exact) mass is 469 g/mol. The second kappa shape index (κ2) is 8.10. The fourth-order valence-corrected chi connectivity index (χ4v) is 4.01. The van der Waals surface area contributed by atoms with E-state index in [1.807, 2.05) is 25.4 Å². The lowest BCUT2D eigenvalue weighted by Crippen LogP contribution is -2.18. The summed E-state index contributed by atoms with van der Waals surface area (Å²) in [4.78, 5) is 4.58. The number of aromatic hydroxyl groups is 1. The van der Waals surface area contributed by atoms with Crippen LogP contribution in [0.15, 0.2) is 47.1 Å². The van der Waals surface area contributed by atoms with Gasteiger partial charge >= 0.3 is 0 Å². The molecule has 160 valence electrons. The fraction of sp³-hybridized carbons (Fsp3) is 0.400. The highest BCUT2D eigenvalue weighted by atomic mass is 79.9. The van der Waals surface area contributed by atoms with E-state index in [1.165, 1.54) is 0 Å². The van der Waals surface area contributed by atoms with Crippen LogP contribution in [0.5, 0.6) is 5.75 Å². The maximum atomic E-state index is 10.9. The third kappa shape index (κ3) is 4.72. The zero-order valence-corrected chi connectivity index (χ0v) is 20.6. The summed E-state index contributed by atoms with van der Waals surface area (Å²) >= 11 is 3.54. The van der Waals surface area contributed by atoms with Gasteiger partial charge in [-0.15, -0.1) is 0 Å². The first kappa shape index (κ1) is 22.4. The first-order chi connectivity index (χ1) is 13.9. The molecule has 0 fully saturated rings. The van der Waals surface area contributed by atoms with Gasteiger partial charge in [0, 0.05) is 23.6 Å². The van der Waals surface area contributed by atoms with Gasteiger partial charge in [0.15, 0.2) is 0 Å². The quantitative estimate of drug-likeness (QED) is 0.443.